The number of hydrogen-bond acceptors (Lipinski definition) is 7. The first-order valence-corrected chi connectivity index (χ1v) is 6.55. The maximum absolute atomic E-state index is 11.6. The zero-order chi connectivity index (χ0) is 14.6. The van der Waals surface area contributed by atoms with Crippen molar-refractivity contribution in [1.29, 1.82) is 0 Å². The van der Waals surface area contributed by atoms with E-state index in [1.807, 2.05) is 0 Å². The molecule has 0 aliphatic carbocycles. The van der Waals surface area contributed by atoms with Crippen molar-refractivity contribution >= 4 is 11.9 Å². The van der Waals surface area contributed by atoms with E-state index < -0.39 is 6.04 Å². The summed E-state index contributed by atoms with van der Waals surface area (Å²) in [7, 11) is 1.61. The average Bonchev–Trinajstić information content (AvgIpc) is 2.46. The summed E-state index contributed by atoms with van der Waals surface area (Å²) in [5.41, 5.74) is 0. The van der Waals surface area contributed by atoms with Gasteiger partial charge in [0.2, 0.25) is 5.91 Å². The van der Waals surface area contributed by atoms with E-state index in [0.717, 1.165) is 0 Å². The van der Waals surface area contributed by atoms with Crippen LogP contribution in [-0.2, 0) is 28.5 Å². The number of rotatable bonds is 10. The van der Waals surface area contributed by atoms with Crippen molar-refractivity contribution in [3.8, 4) is 0 Å². The van der Waals surface area contributed by atoms with E-state index in [9.17, 15) is 9.59 Å². The van der Waals surface area contributed by atoms with Crippen molar-refractivity contribution in [3.05, 3.63) is 0 Å². The van der Waals surface area contributed by atoms with Crippen LogP contribution in [0.25, 0.3) is 0 Å². The van der Waals surface area contributed by atoms with Crippen molar-refractivity contribution in [2.45, 2.75) is 6.04 Å². The van der Waals surface area contributed by atoms with Crippen molar-refractivity contribution < 1.29 is 28.5 Å². The van der Waals surface area contributed by atoms with Crippen molar-refractivity contribution in [2.24, 2.45) is 0 Å². The Morgan fingerprint density at radius 1 is 1.15 bits per heavy atom. The predicted octanol–water partition coefficient (Wildman–Crippen LogP) is -1.70. The molecule has 0 aromatic rings. The fourth-order valence-corrected chi connectivity index (χ4v) is 1.50. The molecule has 0 aromatic heterocycles. The molecule has 1 unspecified atom stereocenters. The lowest BCUT2D eigenvalue weighted by molar-refractivity contribution is -0.148. The fraction of sp³-hybridized carbons (Fsp3) is 0.833. The van der Waals surface area contributed by atoms with Crippen LogP contribution < -0.4 is 10.6 Å². The van der Waals surface area contributed by atoms with Crippen molar-refractivity contribution in [1.82, 2.24) is 10.6 Å². The number of hydrogen-bond donors (Lipinski definition) is 2. The Morgan fingerprint density at radius 2 is 1.80 bits per heavy atom. The van der Waals surface area contributed by atoms with Crippen LogP contribution in [0.4, 0.5) is 0 Å². The second-order valence-electron chi connectivity index (χ2n) is 4.12. The van der Waals surface area contributed by atoms with Crippen LogP contribution in [0, 0.1) is 0 Å². The highest BCUT2D eigenvalue weighted by Crippen LogP contribution is 1.93. The second kappa shape index (κ2) is 10.6. The molecule has 1 amide bonds. The number of amides is 1. The monoisotopic (exact) mass is 290 g/mol. The Bertz CT molecular complexity index is 290. The second-order valence-corrected chi connectivity index (χ2v) is 4.12. The Hall–Kier alpha value is -1.22. The summed E-state index contributed by atoms with van der Waals surface area (Å²) in [5, 5.41) is 5.38. The minimum Gasteiger partial charge on any atom is -0.462 e. The zero-order valence-corrected chi connectivity index (χ0v) is 11.7. The summed E-state index contributed by atoms with van der Waals surface area (Å²) in [6, 6.07) is -0.481. The highest BCUT2D eigenvalue weighted by molar-refractivity contribution is 5.83. The third kappa shape index (κ3) is 7.39. The van der Waals surface area contributed by atoms with Crippen LogP contribution in [-0.4, -0.2) is 77.8 Å². The normalized spacial score (nSPS) is 18.6. The molecular formula is C12H22N2O6. The number of piperazine rings is 1. The largest absolute Gasteiger partial charge is 0.462 e. The molecule has 116 valence electrons. The van der Waals surface area contributed by atoms with Crippen LogP contribution in [0.5, 0.6) is 0 Å². The molecule has 20 heavy (non-hydrogen) atoms. The molecule has 0 radical (unpaired) electrons. The third-order valence-corrected chi connectivity index (χ3v) is 2.57. The maximum atomic E-state index is 11.6. The van der Waals surface area contributed by atoms with Gasteiger partial charge in [0.1, 0.15) is 12.6 Å². The zero-order valence-electron chi connectivity index (χ0n) is 11.7. The molecule has 2 N–H and O–H groups in total. The molecule has 1 fully saturated rings. The number of ether oxygens (including phenoxy) is 4. The van der Waals surface area contributed by atoms with Gasteiger partial charge in [-0.15, -0.1) is 0 Å². The molecule has 1 saturated heterocycles. The molecule has 0 spiro atoms. The van der Waals surface area contributed by atoms with Gasteiger partial charge in [-0.05, 0) is 0 Å². The third-order valence-electron chi connectivity index (χ3n) is 2.57. The van der Waals surface area contributed by atoms with Gasteiger partial charge in [-0.1, -0.05) is 0 Å². The number of esters is 1. The van der Waals surface area contributed by atoms with Gasteiger partial charge >= 0.3 is 5.97 Å². The molecule has 0 bridgehead atoms. The van der Waals surface area contributed by atoms with Crippen LogP contribution in [0.3, 0.4) is 0 Å². The first-order valence-electron chi connectivity index (χ1n) is 6.55. The van der Waals surface area contributed by atoms with E-state index in [4.69, 9.17) is 18.9 Å². The molecular weight excluding hydrogens is 268 g/mol. The van der Waals surface area contributed by atoms with Gasteiger partial charge in [-0.3, -0.25) is 14.9 Å². The van der Waals surface area contributed by atoms with Gasteiger partial charge in [0.05, 0.1) is 39.6 Å². The van der Waals surface area contributed by atoms with E-state index >= 15 is 0 Å². The smallest absolute Gasteiger partial charge is 0.325 e. The first kappa shape index (κ1) is 16.8. The summed E-state index contributed by atoms with van der Waals surface area (Å²) in [6.07, 6.45) is 0. The van der Waals surface area contributed by atoms with E-state index in [-0.39, 0.29) is 31.6 Å². The van der Waals surface area contributed by atoms with Crippen LogP contribution in [0.1, 0.15) is 0 Å². The lowest BCUT2D eigenvalue weighted by Crippen LogP contribution is -2.55. The Labute approximate surface area is 118 Å². The molecule has 1 aliphatic heterocycles. The quantitative estimate of drug-likeness (QED) is 0.366. The molecule has 0 aromatic carbocycles. The lowest BCUT2D eigenvalue weighted by atomic mass is 10.2. The van der Waals surface area contributed by atoms with E-state index in [2.05, 4.69) is 10.6 Å². The summed E-state index contributed by atoms with van der Waals surface area (Å²) in [4.78, 5) is 22.5. The molecule has 1 rings (SSSR count). The highest BCUT2D eigenvalue weighted by atomic mass is 16.6. The average molecular weight is 290 g/mol. The molecule has 0 saturated carbocycles. The van der Waals surface area contributed by atoms with Gasteiger partial charge in [-0.2, -0.15) is 0 Å². The van der Waals surface area contributed by atoms with Crippen molar-refractivity contribution in [3.63, 3.8) is 0 Å². The first-order chi connectivity index (χ1) is 9.74. The topological polar surface area (TPSA) is 95.1 Å². The van der Waals surface area contributed by atoms with Crippen LogP contribution in [0.15, 0.2) is 0 Å². The van der Waals surface area contributed by atoms with Crippen LogP contribution >= 0.6 is 0 Å². The molecule has 8 heteroatoms. The number of nitrogens with one attached hydrogen (secondary N) is 2. The van der Waals surface area contributed by atoms with Crippen LogP contribution in [0.2, 0.25) is 0 Å². The Kier molecular flexibility index (Phi) is 8.88. The molecule has 1 heterocycles. The lowest BCUT2D eigenvalue weighted by Gasteiger charge is -2.22. The Morgan fingerprint density at radius 3 is 2.40 bits per heavy atom. The van der Waals surface area contributed by atoms with Gasteiger partial charge in [0.25, 0.3) is 0 Å². The van der Waals surface area contributed by atoms with Gasteiger partial charge in [0, 0.05) is 13.7 Å². The number of carbonyl (C=O) groups is 2. The van der Waals surface area contributed by atoms with E-state index in [1.165, 1.54) is 0 Å². The minimum absolute atomic E-state index is 0.120. The SMILES string of the molecule is COCCOCCOCCOC(=O)C1CNC(=O)CN1. The van der Waals surface area contributed by atoms with E-state index in [0.29, 0.717) is 33.0 Å². The summed E-state index contributed by atoms with van der Waals surface area (Å²) < 4.78 is 20.3. The number of carbonyl (C=O) groups excluding carboxylic acids is 2. The van der Waals surface area contributed by atoms with Crippen molar-refractivity contribution in [2.75, 3.05) is 59.8 Å². The maximum Gasteiger partial charge on any atom is 0.325 e. The van der Waals surface area contributed by atoms with Gasteiger partial charge in [-0.25, -0.2) is 0 Å². The van der Waals surface area contributed by atoms with Gasteiger partial charge < -0.3 is 24.3 Å². The minimum atomic E-state index is -0.481. The van der Waals surface area contributed by atoms with Gasteiger partial charge in [0.15, 0.2) is 0 Å². The fourth-order valence-electron chi connectivity index (χ4n) is 1.50. The highest BCUT2D eigenvalue weighted by Gasteiger charge is 2.24. The summed E-state index contributed by atoms with van der Waals surface area (Å²) >= 11 is 0. The summed E-state index contributed by atoms with van der Waals surface area (Å²) in [5.74, 6) is -0.504. The molecule has 8 nitrogen and oxygen atoms in total. The molecule has 1 aliphatic rings. The molecule has 1 atom stereocenters. The Balaban J connectivity index is 1.90. The van der Waals surface area contributed by atoms with E-state index in [1.54, 1.807) is 7.11 Å². The standard InChI is InChI=1S/C12H22N2O6/c1-17-2-3-18-4-5-19-6-7-20-12(16)10-8-14-11(15)9-13-10/h10,13H,2-9H2,1H3,(H,14,15). The summed E-state index contributed by atoms with van der Waals surface area (Å²) in [6.45, 7) is 2.91. The predicted molar refractivity (Wildman–Crippen MR) is 69.3 cm³/mol. The number of methoxy groups -OCH3 is 1.